The molecule has 3 aromatic rings. The van der Waals surface area contributed by atoms with Crippen LogP contribution in [0.15, 0.2) is 55.0 Å². The lowest BCUT2D eigenvalue weighted by Gasteiger charge is -2.24. The van der Waals surface area contributed by atoms with Gasteiger partial charge in [0, 0.05) is 31.5 Å². The number of aryl methyl sites for hydroxylation is 2. The maximum Gasteiger partial charge on any atom is 0.326 e. The Morgan fingerprint density at radius 1 is 1.12 bits per heavy atom. The molecule has 1 aliphatic heterocycles. The number of ether oxygens (including phenoxy) is 1. The zero-order valence-electron chi connectivity index (χ0n) is 22.4. The molecule has 40 heavy (non-hydrogen) atoms. The Labute approximate surface area is 239 Å². The largest absolute Gasteiger partial charge is 0.492 e. The molecule has 2 aromatic heterocycles. The van der Waals surface area contributed by atoms with E-state index in [1.54, 1.807) is 0 Å². The molecule has 11 heteroatoms. The number of nitrogens with one attached hydrogen (secondary N) is 2. The molecule has 3 N–H and O–H groups in total. The van der Waals surface area contributed by atoms with Crippen molar-refractivity contribution < 1.29 is 19.4 Å². The monoisotopic (exact) mass is 566 g/mol. The second-order valence-electron chi connectivity index (χ2n) is 9.67. The van der Waals surface area contributed by atoms with Gasteiger partial charge in [0.2, 0.25) is 0 Å². The molecule has 0 radical (unpaired) electrons. The van der Waals surface area contributed by atoms with Gasteiger partial charge in [0.25, 0.3) is 5.91 Å². The molecule has 0 bridgehead atoms. The summed E-state index contributed by atoms with van der Waals surface area (Å²) in [5, 5.41) is 15.8. The number of hydrogen-bond acceptors (Lipinski definition) is 8. The lowest BCUT2D eigenvalue weighted by molar-refractivity contribution is -0.139. The van der Waals surface area contributed by atoms with E-state index < -0.39 is 17.9 Å². The number of hydrogen-bond donors (Lipinski definition) is 3. The van der Waals surface area contributed by atoms with Crippen molar-refractivity contribution in [1.82, 2.24) is 25.2 Å². The van der Waals surface area contributed by atoms with E-state index in [-0.39, 0.29) is 17.1 Å². The van der Waals surface area contributed by atoms with Gasteiger partial charge in [-0.25, -0.2) is 19.7 Å². The lowest BCUT2D eigenvalue weighted by atomic mass is 10.1. The van der Waals surface area contributed by atoms with Crippen LogP contribution in [0.2, 0.25) is 5.02 Å². The molecule has 1 atom stereocenters. The molecule has 1 amide bonds. The number of carbonyl (C=O) groups excluding carboxylic acids is 1. The van der Waals surface area contributed by atoms with Crippen LogP contribution in [0.3, 0.4) is 0 Å². The highest BCUT2D eigenvalue weighted by Crippen LogP contribution is 2.20. The van der Waals surface area contributed by atoms with Crippen molar-refractivity contribution in [3.63, 3.8) is 0 Å². The number of unbranched alkanes of at least 4 members (excludes halogenated alkanes) is 1. The van der Waals surface area contributed by atoms with E-state index in [0.29, 0.717) is 19.7 Å². The first kappa shape index (κ1) is 29.2. The van der Waals surface area contributed by atoms with Crippen molar-refractivity contribution in [2.24, 2.45) is 0 Å². The van der Waals surface area contributed by atoms with Crippen LogP contribution < -0.4 is 15.4 Å². The molecule has 0 aliphatic carbocycles. The van der Waals surface area contributed by atoms with Crippen LogP contribution in [0, 0.1) is 0 Å². The van der Waals surface area contributed by atoms with Gasteiger partial charge in [-0.3, -0.25) is 9.69 Å². The summed E-state index contributed by atoms with van der Waals surface area (Å²) in [5.74, 6) is 0.0253. The Morgan fingerprint density at radius 3 is 2.77 bits per heavy atom. The molecule has 0 spiro atoms. The van der Waals surface area contributed by atoms with E-state index >= 15 is 0 Å². The van der Waals surface area contributed by atoms with Gasteiger partial charge in [0.15, 0.2) is 0 Å². The number of aromatic nitrogens is 3. The van der Waals surface area contributed by atoms with E-state index in [1.807, 2.05) is 30.3 Å². The number of anilines is 1. The van der Waals surface area contributed by atoms with Gasteiger partial charge in [-0.2, -0.15) is 0 Å². The first-order chi connectivity index (χ1) is 19.5. The number of nitrogens with zero attached hydrogens (tertiary/aromatic N) is 4. The standard InChI is InChI=1S/C29H35ClN6O4/c30-24-19-31-20-33-26(24)28(37)35-25(29(38)39)13-16-36(17-18-40-23-9-2-1-3-10-23)15-5-4-8-22-12-11-21-7-6-14-32-27(21)34-22/h1-3,9-12,19-20,25H,4-8,13-18H2,(H,32,34)(H,35,37)(H,38,39). The molecular formula is C29H35ClN6O4. The number of carboxylic acids is 1. The summed E-state index contributed by atoms with van der Waals surface area (Å²) in [6.07, 6.45) is 7.65. The molecule has 1 aliphatic rings. The number of para-hydroxylation sites is 1. The van der Waals surface area contributed by atoms with Gasteiger partial charge in [-0.15, -0.1) is 0 Å². The van der Waals surface area contributed by atoms with E-state index in [1.165, 1.54) is 18.1 Å². The molecule has 0 saturated carbocycles. The quantitative estimate of drug-likeness (QED) is 0.235. The number of benzene rings is 1. The fourth-order valence-electron chi connectivity index (χ4n) is 4.57. The summed E-state index contributed by atoms with van der Waals surface area (Å²) < 4.78 is 5.88. The highest BCUT2D eigenvalue weighted by molar-refractivity contribution is 6.33. The van der Waals surface area contributed by atoms with E-state index in [9.17, 15) is 14.7 Å². The van der Waals surface area contributed by atoms with E-state index in [2.05, 4.69) is 37.6 Å². The SMILES string of the molecule is O=C(NC(CCN(CCCCc1ccc2c(n1)NCCC2)CCOc1ccccc1)C(=O)O)c1ncncc1Cl. The molecule has 0 fully saturated rings. The fourth-order valence-corrected chi connectivity index (χ4v) is 4.76. The van der Waals surface area contributed by atoms with Gasteiger partial charge >= 0.3 is 5.97 Å². The number of carboxylic acid groups (broad SMARTS) is 1. The predicted octanol–water partition coefficient (Wildman–Crippen LogP) is 3.86. The van der Waals surface area contributed by atoms with Crippen molar-refractivity contribution >= 4 is 29.3 Å². The van der Waals surface area contributed by atoms with E-state index in [4.69, 9.17) is 21.3 Å². The molecule has 212 valence electrons. The van der Waals surface area contributed by atoms with Crippen LogP contribution in [-0.2, 0) is 17.6 Å². The Bertz CT molecular complexity index is 1260. The number of rotatable bonds is 15. The lowest BCUT2D eigenvalue weighted by Crippen LogP contribution is -2.44. The highest BCUT2D eigenvalue weighted by Gasteiger charge is 2.23. The average Bonchev–Trinajstić information content (AvgIpc) is 2.97. The van der Waals surface area contributed by atoms with Crippen LogP contribution in [0.1, 0.15) is 47.4 Å². The molecule has 1 aromatic carbocycles. The zero-order chi connectivity index (χ0) is 28.2. The molecule has 3 heterocycles. The van der Waals surface area contributed by atoms with Crippen molar-refractivity contribution in [2.45, 2.75) is 44.6 Å². The van der Waals surface area contributed by atoms with Gasteiger partial charge in [-0.1, -0.05) is 35.9 Å². The van der Waals surface area contributed by atoms with Crippen LogP contribution in [0.25, 0.3) is 0 Å². The summed E-state index contributed by atoms with van der Waals surface area (Å²) in [5.41, 5.74) is 2.30. The second-order valence-corrected chi connectivity index (χ2v) is 10.1. The van der Waals surface area contributed by atoms with E-state index in [0.717, 1.165) is 62.5 Å². The normalized spacial score (nSPS) is 13.2. The molecule has 4 rings (SSSR count). The number of fused-ring (bicyclic) bond motifs is 1. The molecular weight excluding hydrogens is 532 g/mol. The third-order valence-corrected chi connectivity index (χ3v) is 7.03. The van der Waals surface area contributed by atoms with Crippen LogP contribution in [0.4, 0.5) is 5.82 Å². The van der Waals surface area contributed by atoms with Gasteiger partial charge in [0.05, 0.1) is 5.02 Å². The summed E-state index contributed by atoms with van der Waals surface area (Å²) >= 11 is 6.00. The number of carbonyl (C=O) groups is 2. The fraction of sp³-hybridized carbons (Fsp3) is 0.414. The number of pyridine rings is 1. The average molecular weight is 567 g/mol. The summed E-state index contributed by atoms with van der Waals surface area (Å²) in [6.45, 7) is 3.28. The summed E-state index contributed by atoms with van der Waals surface area (Å²) in [7, 11) is 0. The zero-order valence-corrected chi connectivity index (χ0v) is 23.1. The smallest absolute Gasteiger partial charge is 0.326 e. The van der Waals surface area contributed by atoms with Crippen molar-refractivity contribution in [3.05, 3.63) is 77.0 Å². The Kier molecular flexibility index (Phi) is 11.1. The Morgan fingerprint density at radius 2 is 1.98 bits per heavy atom. The highest BCUT2D eigenvalue weighted by atomic mass is 35.5. The summed E-state index contributed by atoms with van der Waals surface area (Å²) in [6, 6.07) is 12.8. The van der Waals surface area contributed by atoms with Crippen LogP contribution >= 0.6 is 11.6 Å². The minimum Gasteiger partial charge on any atom is -0.492 e. The maximum absolute atomic E-state index is 12.6. The Balaban J connectivity index is 1.30. The van der Waals surface area contributed by atoms with Crippen molar-refractivity contribution in [1.29, 1.82) is 0 Å². The van der Waals surface area contributed by atoms with Crippen molar-refractivity contribution in [2.75, 3.05) is 38.1 Å². The van der Waals surface area contributed by atoms with Crippen molar-refractivity contribution in [3.8, 4) is 5.75 Å². The third-order valence-electron chi connectivity index (χ3n) is 6.75. The van der Waals surface area contributed by atoms with Gasteiger partial charge in [0.1, 0.15) is 36.2 Å². The first-order valence-corrected chi connectivity index (χ1v) is 14.0. The Hall–Kier alpha value is -3.76. The topological polar surface area (TPSA) is 130 Å². The number of amides is 1. The number of halogens is 1. The third kappa shape index (κ3) is 8.89. The second kappa shape index (κ2) is 15.1. The van der Waals surface area contributed by atoms with Gasteiger partial charge < -0.3 is 20.5 Å². The minimum absolute atomic E-state index is 0.0537. The van der Waals surface area contributed by atoms with Crippen LogP contribution in [-0.4, -0.2) is 75.7 Å². The van der Waals surface area contributed by atoms with Crippen LogP contribution in [0.5, 0.6) is 5.75 Å². The molecule has 10 nitrogen and oxygen atoms in total. The number of aliphatic carboxylic acids is 1. The molecule has 1 unspecified atom stereocenters. The molecule has 0 saturated heterocycles. The summed E-state index contributed by atoms with van der Waals surface area (Å²) in [4.78, 5) is 39.1. The van der Waals surface area contributed by atoms with Gasteiger partial charge in [-0.05, 0) is 68.8 Å². The minimum atomic E-state index is -1.12. The maximum atomic E-state index is 12.6. The first-order valence-electron chi connectivity index (χ1n) is 13.6. The predicted molar refractivity (Wildman–Crippen MR) is 153 cm³/mol.